The molecule has 1 unspecified atom stereocenters. The van der Waals surface area contributed by atoms with Gasteiger partial charge < -0.3 is 34.5 Å². The Morgan fingerprint density at radius 2 is 1.88 bits per heavy atom. The van der Waals surface area contributed by atoms with Crippen LogP contribution in [0.5, 0.6) is 5.75 Å². The molecule has 0 bridgehead atoms. The van der Waals surface area contributed by atoms with Crippen molar-refractivity contribution < 1.29 is 37.7 Å². The number of anilines is 1. The third kappa shape index (κ3) is 6.99. The molecule has 1 spiro atoms. The SMILES string of the molecule is CCn1nccc1C(=O)N[C@H](C(=O)Nc1cc2c(cc1F)C(N1C[C@@H](COC)OCC1=O)CC1(CCN(C3COC3)CC1)O2)C(C1CC1)C1CC1. The third-order valence-corrected chi connectivity index (χ3v) is 11.9. The third-order valence-electron chi connectivity index (χ3n) is 11.9. The predicted octanol–water partition coefficient (Wildman–Crippen LogP) is 3.15. The van der Waals surface area contributed by atoms with Gasteiger partial charge in [0.15, 0.2) is 0 Å². The number of amides is 3. The molecule has 2 saturated carbocycles. The van der Waals surface area contributed by atoms with E-state index in [1.54, 1.807) is 35.0 Å². The van der Waals surface area contributed by atoms with Gasteiger partial charge in [-0.15, -0.1) is 0 Å². The maximum absolute atomic E-state index is 16.2. The van der Waals surface area contributed by atoms with Crippen LogP contribution in [0.25, 0.3) is 0 Å². The smallest absolute Gasteiger partial charge is 0.270 e. The van der Waals surface area contributed by atoms with Crippen molar-refractivity contribution in [2.45, 2.75) is 88.2 Å². The van der Waals surface area contributed by atoms with Crippen molar-refractivity contribution in [1.82, 2.24) is 24.9 Å². The molecule has 3 amide bonds. The lowest BCUT2D eigenvalue weighted by Crippen LogP contribution is -2.59. The zero-order chi connectivity index (χ0) is 35.3. The number of nitrogens with one attached hydrogen (secondary N) is 2. The van der Waals surface area contributed by atoms with E-state index in [-0.39, 0.29) is 36.1 Å². The number of methoxy groups -OCH3 is 1. The van der Waals surface area contributed by atoms with Crippen molar-refractivity contribution in [2.75, 3.05) is 58.5 Å². The molecule has 276 valence electrons. The minimum absolute atomic E-state index is 0.00707. The molecule has 3 atom stereocenters. The molecule has 2 aliphatic carbocycles. The van der Waals surface area contributed by atoms with Crippen LogP contribution in [-0.4, -0.2) is 114 Å². The molecular formula is C37H49FN6O7. The van der Waals surface area contributed by atoms with Crippen LogP contribution < -0.4 is 15.4 Å². The van der Waals surface area contributed by atoms with Crippen LogP contribution >= 0.6 is 0 Å². The fourth-order valence-electron chi connectivity index (χ4n) is 8.73. The van der Waals surface area contributed by atoms with Crippen LogP contribution in [0.4, 0.5) is 10.1 Å². The van der Waals surface area contributed by atoms with Gasteiger partial charge in [0, 0.05) is 57.5 Å². The van der Waals surface area contributed by atoms with Crippen molar-refractivity contribution in [3.63, 3.8) is 0 Å². The topological polar surface area (TPSA) is 136 Å². The predicted molar refractivity (Wildman–Crippen MR) is 183 cm³/mol. The first-order valence-corrected chi connectivity index (χ1v) is 18.6. The summed E-state index contributed by atoms with van der Waals surface area (Å²) in [5.41, 5.74) is 0.373. The van der Waals surface area contributed by atoms with Crippen LogP contribution in [0, 0.1) is 23.6 Å². The molecule has 4 aliphatic heterocycles. The summed E-state index contributed by atoms with van der Waals surface area (Å²) in [6.45, 7) is 6.12. The number of fused-ring (bicyclic) bond motifs is 1. The monoisotopic (exact) mass is 708 g/mol. The summed E-state index contributed by atoms with van der Waals surface area (Å²) in [7, 11) is 1.60. The number of rotatable bonds is 12. The van der Waals surface area contributed by atoms with Crippen LogP contribution in [0.2, 0.25) is 0 Å². The lowest BCUT2D eigenvalue weighted by molar-refractivity contribution is -0.160. The van der Waals surface area contributed by atoms with Gasteiger partial charge in [-0.05, 0) is 75.3 Å². The Morgan fingerprint density at radius 3 is 2.53 bits per heavy atom. The second-order valence-corrected chi connectivity index (χ2v) is 15.3. The summed E-state index contributed by atoms with van der Waals surface area (Å²) in [6, 6.07) is 3.76. The van der Waals surface area contributed by atoms with Crippen molar-refractivity contribution in [1.29, 1.82) is 0 Å². The van der Waals surface area contributed by atoms with E-state index in [9.17, 15) is 14.4 Å². The van der Waals surface area contributed by atoms with E-state index in [4.69, 9.17) is 18.9 Å². The van der Waals surface area contributed by atoms with Crippen LogP contribution in [-0.2, 0) is 30.3 Å². The lowest BCUT2D eigenvalue weighted by Gasteiger charge is -2.51. The molecule has 6 aliphatic rings. The average molecular weight is 709 g/mol. The number of aryl methyl sites for hydroxylation is 1. The Kier molecular flexibility index (Phi) is 9.53. The number of piperidine rings is 1. The van der Waals surface area contributed by atoms with Crippen molar-refractivity contribution in [3.8, 4) is 5.75 Å². The molecule has 5 fully saturated rings. The Bertz CT molecular complexity index is 1620. The summed E-state index contributed by atoms with van der Waals surface area (Å²) in [6.07, 6.45) is 7.32. The van der Waals surface area contributed by atoms with Crippen molar-refractivity contribution in [3.05, 3.63) is 41.5 Å². The van der Waals surface area contributed by atoms with Gasteiger partial charge in [0.25, 0.3) is 5.91 Å². The zero-order valence-corrected chi connectivity index (χ0v) is 29.5. The van der Waals surface area contributed by atoms with E-state index in [2.05, 4.69) is 20.6 Å². The molecule has 2 aromatic rings. The van der Waals surface area contributed by atoms with Crippen molar-refractivity contribution in [2.24, 2.45) is 17.8 Å². The molecule has 1 aromatic heterocycles. The molecule has 5 heterocycles. The van der Waals surface area contributed by atoms with E-state index >= 15 is 4.39 Å². The zero-order valence-electron chi connectivity index (χ0n) is 29.5. The summed E-state index contributed by atoms with van der Waals surface area (Å²) in [5, 5.41) is 10.1. The highest BCUT2D eigenvalue weighted by atomic mass is 19.1. The molecule has 14 heteroatoms. The van der Waals surface area contributed by atoms with E-state index < -0.39 is 29.4 Å². The van der Waals surface area contributed by atoms with Crippen LogP contribution in [0.1, 0.15) is 74.0 Å². The van der Waals surface area contributed by atoms with Crippen molar-refractivity contribution >= 4 is 23.4 Å². The molecule has 13 nitrogen and oxygen atoms in total. The fourth-order valence-corrected chi connectivity index (χ4v) is 8.73. The largest absolute Gasteiger partial charge is 0.487 e. The highest BCUT2D eigenvalue weighted by molar-refractivity contribution is 6.01. The van der Waals surface area contributed by atoms with Crippen LogP contribution in [0.15, 0.2) is 24.4 Å². The first kappa shape index (κ1) is 34.5. The summed E-state index contributed by atoms with van der Waals surface area (Å²) < 4.78 is 41.2. The average Bonchev–Trinajstić information content (AvgIpc) is 4.05. The quantitative estimate of drug-likeness (QED) is 0.341. The number of morpholine rings is 1. The maximum Gasteiger partial charge on any atom is 0.270 e. The number of hydrogen-bond acceptors (Lipinski definition) is 9. The van der Waals surface area contributed by atoms with Gasteiger partial charge in [0.2, 0.25) is 11.8 Å². The van der Waals surface area contributed by atoms with Gasteiger partial charge in [0.1, 0.15) is 35.5 Å². The Balaban J connectivity index is 1.09. The summed E-state index contributed by atoms with van der Waals surface area (Å²) in [4.78, 5) is 45.4. The van der Waals surface area contributed by atoms with Gasteiger partial charge in [0.05, 0.1) is 43.7 Å². The maximum atomic E-state index is 16.2. The number of halogens is 1. The number of ether oxygens (including phenoxy) is 4. The summed E-state index contributed by atoms with van der Waals surface area (Å²) in [5.74, 6) is -0.497. The van der Waals surface area contributed by atoms with Gasteiger partial charge in [-0.2, -0.15) is 5.10 Å². The number of aromatic nitrogens is 2. The fraction of sp³-hybridized carbons (Fsp3) is 0.676. The molecule has 2 N–H and O–H groups in total. The second-order valence-electron chi connectivity index (χ2n) is 15.3. The Labute approximate surface area is 297 Å². The van der Waals surface area contributed by atoms with Gasteiger partial charge in [-0.25, -0.2) is 4.39 Å². The number of benzene rings is 1. The highest BCUT2D eigenvalue weighted by Crippen LogP contribution is 2.52. The highest BCUT2D eigenvalue weighted by Gasteiger charge is 2.50. The van der Waals surface area contributed by atoms with Crippen LogP contribution in [0.3, 0.4) is 0 Å². The molecule has 8 rings (SSSR count). The minimum atomic E-state index is -0.836. The number of hydrogen-bond donors (Lipinski definition) is 2. The molecule has 51 heavy (non-hydrogen) atoms. The molecule has 0 radical (unpaired) electrons. The minimum Gasteiger partial charge on any atom is -0.487 e. The first-order valence-electron chi connectivity index (χ1n) is 18.6. The summed E-state index contributed by atoms with van der Waals surface area (Å²) >= 11 is 0. The lowest BCUT2D eigenvalue weighted by atomic mass is 9.79. The number of carbonyl (C=O) groups is 3. The molecule has 3 saturated heterocycles. The van der Waals surface area contributed by atoms with E-state index in [1.165, 1.54) is 6.07 Å². The Hall–Kier alpha value is -3.59. The number of likely N-dealkylation sites (tertiary alicyclic amines) is 1. The normalized spacial score (nSPS) is 25.6. The van der Waals surface area contributed by atoms with Gasteiger partial charge >= 0.3 is 0 Å². The molecular weight excluding hydrogens is 659 g/mol. The molecule has 1 aromatic carbocycles. The van der Waals surface area contributed by atoms with E-state index in [0.29, 0.717) is 61.0 Å². The number of carbonyl (C=O) groups excluding carboxylic acids is 3. The second kappa shape index (κ2) is 14.1. The number of nitrogens with zero attached hydrogens (tertiary/aromatic N) is 4. The van der Waals surface area contributed by atoms with E-state index in [0.717, 1.165) is 64.8 Å². The Morgan fingerprint density at radius 1 is 1.14 bits per heavy atom. The van der Waals surface area contributed by atoms with E-state index in [1.807, 2.05) is 6.92 Å². The van der Waals surface area contributed by atoms with Gasteiger partial charge in [-0.1, -0.05) is 0 Å². The standard InChI is InChI=1S/C37H49FN6O7/c1-3-44-29(8-11-39-44)35(46)41-34(33(22-4-5-22)23-6-7-23)36(47)40-28-15-31-26(14-27(28)38)30(43-17-25(20-48-2)50-21-32(43)45)16-37(51-31)9-12-42(13-10-37)24-18-49-19-24/h8,11,14-15,22-25,30,33-34H,3-7,9-10,12-13,16-21H2,1-2H3,(H,40,47)(H,41,46)/t25-,30?,34-/m0/s1. The first-order chi connectivity index (χ1) is 24.8. The van der Waals surface area contributed by atoms with Gasteiger partial charge in [-0.3, -0.25) is 24.0 Å².